The molecule has 176 valence electrons. The van der Waals surface area contributed by atoms with E-state index in [0.29, 0.717) is 34.7 Å². The van der Waals surface area contributed by atoms with E-state index in [4.69, 9.17) is 4.74 Å². The molecule has 0 saturated heterocycles. The van der Waals surface area contributed by atoms with Gasteiger partial charge in [0.05, 0.1) is 24.2 Å². The van der Waals surface area contributed by atoms with Crippen LogP contribution in [0, 0.1) is 25.7 Å². The molecule has 1 aromatic heterocycles. The van der Waals surface area contributed by atoms with Gasteiger partial charge in [0.15, 0.2) is 0 Å². The molecule has 1 amide bonds. The molecule has 0 bridgehead atoms. The molecular weight excluding hydrogens is 428 g/mol. The average Bonchev–Trinajstić information content (AvgIpc) is 3.01. The minimum atomic E-state index is -4.03. The molecule has 1 aliphatic carbocycles. The highest BCUT2D eigenvalue weighted by Gasteiger charge is 2.34. The molecule has 9 heteroatoms. The molecule has 1 aliphatic rings. The third kappa shape index (κ3) is 4.77. The van der Waals surface area contributed by atoms with Crippen LogP contribution in [0.2, 0.25) is 0 Å². The van der Waals surface area contributed by atoms with Crippen LogP contribution in [0.4, 0.5) is 5.69 Å². The first-order valence-corrected chi connectivity index (χ1v) is 12.5. The van der Waals surface area contributed by atoms with Crippen molar-refractivity contribution < 1.29 is 17.9 Å². The van der Waals surface area contributed by atoms with Gasteiger partial charge < -0.3 is 10.1 Å². The Balaban J connectivity index is 1.94. The predicted octanol–water partition coefficient (Wildman–Crippen LogP) is 3.18. The number of carbonyl (C=O) groups is 1. The molecule has 0 radical (unpaired) electrons. The van der Waals surface area contributed by atoms with Gasteiger partial charge in [-0.2, -0.15) is 5.10 Å². The summed E-state index contributed by atoms with van der Waals surface area (Å²) in [6.45, 7) is 7.42. The minimum absolute atomic E-state index is 0.0496. The molecule has 3 rings (SSSR count). The Labute approximate surface area is 191 Å². The van der Waals surface area contributed by atoms with E-state index in [-0.39, 0.29) is 23.4 Å². The van der Waals surface area contributed by atoms with Crippen LogP contribution in [-0.2, 0) is 21.9 Å². The van der Waals surface area contributed by atoms with Crippen molar-refractivity contribution in [3.63, 3.8) is 0 Å². The Morgan fingerprint density at radius 1 is 1.22 bits per heavy atom. The van der Waals surface area contributed by atoms with Crippen molar-refractivity contribution in [1.82, 2.24) is 15.1 Å². The van der Waals surface area contributed by atoms with Gasteiger partial charge in [0.1, 0.15) is 17.2 Å². The van der Waals surface area contributed by atoms with Gasteiger partial charge >= 0.3 is 0 Å². The summed E-state index contributed by atoms with van der Waals surface area (Å²) in [6, 6.07) is 6.72. The molecule has 1 aromatic carbocycles. The summed E-state index contributed by atoms with van der Waals surface area (Å²) in [5.74, 6) is 1.17. The second-order valence-electron chi connectivity index (χ2n) is 8.77. The van der Waals surface area contributed by atoms with Gasteiger partial charge in [-0.05, 0) is 56.4 Å². The molecular formula is C23H34N4O4S. The number of aromatic nitrogens is 2. The third-order valence-corrected chi connectivity index (χ3v) is 8.72. The van der Waals surface area contributed by atoms with Crippen molar-refractivity contribution in [2.75, 3.05) is 18.0 Å². The molecule has 1 fully saturated rings. The first-order valence-electron chi connectivity index (χ1n) is 11.0. The first-order chi connectivity index (χ1) is 15.1. The zero-order valence-electron chi connectivity index (χ0n) is 19.8. The van der Waals surface area contributed by atoms with E-state index in [1.807, 2.05) is 0 Å². The van der Waals surface area contributed by atoms with Gasteiger partial charge in [0.25, 0.3) is 10.0 Å². The third-order valence-electron chi connectivity index (χ3n) is 6.69. The van der Waals surface area contributed by atoms with E-state index >= 15 is 0 Å². The van der Waals surface area contributed by atoms with Crippen LogP contribution in [-0.4, -0.2) is 43.8 Å². The van der Waals surface area contributed by atoms with Gasteiger partial charge in [-0.25, -0.2) is 8.42 Å². The zero-order valence-corrected chi connectivity index (χ0v) is 20.6. The lowest BCUT2D eigenvalue weighted by Gasteiger charge is -2.35. The second kappa shape index (κ2) is 9.52. The van der Waals surface area contributed by atoms with Crippen molar-refractivity contribution >= 4 is 21.6 Å². The van der Waals surface area contributed by atoms with Crippen molar-refractivity contribution in [2.45, 2.75) is 57.9 Å². The molecule has 0 spiro atoms. The van der Waals surface area contributed by atoms with Crippen molar-refractivity contribution in [1.29, 1.82) is 0 Å². The number of anilines is 1. The zero-order chi connectivity index (χ0) is 23.6. The summed E-state index contributed by atoms with van der Waals surface area (Å²) in [6.07, 6.45) is 3.12. The first kappa shape index (κ1) is 24.1. The summed E-state index contributed by atoms with van der Waals surface area (Å²) in [5, 5.41) is 7.35. The van der Waals surface area contributed by atoms with Crippen LogP contribution in [0.3, 0.4) is 0 Å². The SMILES string of the molecule is COc1ccc(N(CC(=O)NC2CCCC(C)C2C)S(=O)(=O)c2c(C)nn(C)c2C)cc1. The number of nitrogens with one attached hydrogen (secondary N) is 1. The second-order valence-corrected chi connectivity index (χ2v) is 10.6. The number of nitrogens with zero attached hydrogens (tertiary/aromatic N) is 3. The van der Waals surface area contributed by atoms with E-state index in [1.165, 1.54) is 0 Å². The Morgan fingerprint density at radius 3 is 2.44 bits per heavy atom. The Kier molecular flexibility index (Phi) is 7.17. The van der Waals surface area contributed by atoms with Crippen LogP contribution < -0.4 is 14.4 Å². The van der Waals surface area contributed by atoms with Gasteiger partial charge in [-0.1, -0.05) is 26.7 Å². The molecule has 8 nitrogen and oxygen atoms in total. The summed E-state index contributed by atoms with van der Waals surface area (Å²) in [7, 11) is -0.773. The quantitative estimate of drug-likeness (QED) is 0.682. The summed E-state index contributed by atoms with van der Waals surface area (Å²) < 4.78 is 35.4. The van der Waals surface area contributed by atoms with E-state index in [2.05, 4.69) is 24.3 Å². The number of aryl methyl sites for hydroxylation is 2. The molecule has 2 aromatic rings. The van der Waals surface area contributed by atoms with Gasteiger partial charge in [-0.15, -0.1) is 0 Å². The minimum Gasteiger partial charge on any atom is -0.497 e. The van der Waals surface area contributed by atoms with Crippen LogP contribution >= 0.6 is 0 Å². The van der Waals surface area contributed by atoms with E-state index in [0.717, 1.165) is 23.6 Å². The van der Waals surface area contributed by atoms with E-state index in [1.54, 1.807) is 57.0 Å². The normalized spacial score (nSPS) is 21.2. The van der Waals surface area contributed by atoms with E-state index in [9.17, 15) is 13.2 Å². The molecule has 3 atom stereocenters. The topological polar surface area (TPSA) is 93.5 Å². The Bertz CT molecular complexity index is 1060. The highest BCUT2D eigenvalue weighted by atomic mass is 32.2. The predicted molar refractivity (Wildman–Crippen MR) is 124 cm³/mol. The maximum atomic E-state index is 13.7. The summed E-state index contributed by atoms with van der Waals surface area (Å²) in [4.78, 5) is 13.2. The standard InChI is InChI=1S/C23H34N4O4S/c1-15-8-7-9-21(16(15)2)24-22(28)14-27(19-10-12-20(31-6)13-11-19)32(29,30)23-17(3)25-26(5)18(23)4/h10-13,15-16,21H,7-9,14H2,1-6H3,(H,24,28). The highest BCUT2D eigenvalue weighted by Crippen LogP contribution is 2.31. The van der Waals surface area contributed by atoms with Crippen LogP contribution in [0.15, 0.2) is 29.2 Å². The number of amides is 1. The number of ether oxygens (including phenoxy) is 1. The maximum Gasteiger partial charge on any atom is 0.268 e. The molecule has 32 heavy (non-hydrogen) atoms. The fraction of sp³-hybridized carbons (Fsp3) is 0.565. The lowest BCUT2D eigenvalue weighted by molar-refractivity contribution is -0.121. The fourth-order valence-electron chi connectivity index (χ4n) is 4.47. The van der Waals surface area contributed by atoms with E-state index < -0.39 is 10.0 Å². The summed E-state index contributed by atoms with van der Waals surface area (Å²) in [5.41, 5.74) is 1.32. The molecule has 3 unspecified atom stereocenters. The van der Waals surface area contributed by atoms with Crippen molar-refractivity contribution in [3.05, 3.63) is 35.7 Å². The number of hydrogen-bond acceptors (Lipinski definition) is 5. The smallest absolute Gasteiger partial charge is 0.268 e. The largest absolute Gasteiger partial charge is 0.497 e. The lowest BCUT2D eigenvalue weighted by Crippen LogP contribution is -2.48. The lowest BCUT2D eigenvalue weighted by atomic mass is 9.78. The average molecular weight is 463 g/mol. The fourth-order valence-corrected chi connectivity index (χ4v) is 6.30. The Morgan fingerprint density at radius 2 is 1.88 bits per heavy atom. The number of rotatable bonds is 7. The van der Waals surface area contributed by atoms with Gasteiger partial charge in [0.2, 0.25) is 5.91 Å². The van der Waals surface area contributed by atoms with Crippen LogP contribution in [0.5, 0.6) is 5.75 Å². The van der Waals surface area contributed by atoms with Gasteiger partial charge in [-0.3, -0.25) is 13.8 Å². The maximum absolute atomic E-state index is 13.7. The molecule has 1 saturated carbocycles. The summed E-state index contributed by atoms with van der Waals surface area (Å²) >= 11 is 0. The van der Waals surface area contributed by atoms with Crippen LogP contribution in [0.25, 0.3) is 0 Å². The van der Waals surface area contributed by atoms with Gasteiger partial charge in [0, 0.05) is 13.1 Å². The number of hydrogen-bond donors (Lipinski definition) is 1. The van der Waals surface area contributed by atoms with Crippen molar-refractivity contribution in [3.8, 4) is 5.75 Å². The monoisotopic (exact) mass is 462 g/mol. The van der Waals surface area contributed by atoms with Crippen LogP contribution in [0.1, 0.15) is 44.5 Å². The number of methoxy groups -OCH3 is 1. The van der Waals surface area contributed by atoms with Crippen molar-refractivity contribution in [2.24, 2.45) is 18.9 Å². The molecule has 1 heterocycles. The number of benzene rings is 1. The number of sulfonamides is 1. The Hall–Kier alpha value is -2.55. The highest BCUT2D eigenvalue weighted by molar-refractivity contribution is 7.93. The number of carbonyl (C=O) groups excluding carboxylic acids is 1. The molecule has 1 N–H and O–H groups in total. The molecule has 0 aliphatic heterocycles.